The van der Waals surface area contributed by atoms with Crippen molar-refractivity contribution >= 4 is 11.6 Å². The number of aromatic nitrogens is 1. The standard InChI is InChI=1S/C29H30F3N3O4/c1-18-2-4-21(35-27(37)20-6-9-34-26(15-20)29(30,31)32)16-23(18)19-3-5-22-24(33-10-11-36)17-28(39-25(22)14-19)7-12-38-13-8-28/h2-6,9,14-16,24,33,36H,7-8,10-13,17H2,1H3,(H,35,37). The van der Waals surface area contributed by atoms with Crippen LogP contribution in [0, 0.1) is 6.92 Å². The van der Waals surface area contributed by atoms with Crippen molar-refractivity contribution in [3.8, 4) is 16.9 Å². The summed E-state index contributed by atoms with van der Waals surface area (Å²) in [4.78, 5) is 16.1. The van der Waals surface area contributed by atoms with Crippen LogP contribution in [0.5, 0.6) is 5.75 Å². The summed E-state index contributed by atoms with van der Waals surface area (Å²) in [5.41, 5.74) is 2.57. The number of hydrogen-bond donors (Lipinski definition) is 3. The zero-order valence-electron chi connectivity index (χ0n) is 21.5. The molecule has 0 aliphatic carbocycles. The van der Waals surface area contributed by atoms with Gasteiger partial charge in [0, 0.05) is 54.9 Å². The molecule has 1 unspecified atom stereocenters. The van der Waals surface area contributed by atoms with E-state index in [1.807, 2.05) is 31.2 Å². The molecule has 5 rings (SSSR count). The number of rotatable bonds is 6. The summed E-state index contributed by atoms with van der Waals surface area (Å²) in [6.07, 6.45) is -1.33. The number of ether oxygens (including phenoxy) is 2. The SMILES string of the molecule is Cc1ccc(NC(=O)c2ccnc(C(F)(F)F)c2)cc1-c1ccc2c(c1)OC1(CCOCC1)CC2NCCO. The molecule has 7 nitrogen and oxygen atoms in total. The summed E-state index contributed by atoms with van der Waals surface area (Å²) in [7, 11) is 0. The van der Waals surface area contributed by atoms with Crippen LogP contribution < -0.4 is 15.4 Å². The summed E-state index contributed by atoms with van der Waals surface area (Å²) < 4.78 is 51.3. The summed E-state index contributed by atoms with van der Waals surface area (Å²) in [5.74, 6) is 0.104. The van der Waals surface area contributed by atoms with E-state index in [0.717, 1.165) is 59.5 Å². The van der Waals surface area contributed by atoms with Crippen LogP contribution in [0.1, 0.15) is 52.5 Å². The van der Waals surface area contributed by atoms with Gasteiger partial charge in [0.05, 0.1) is 19.8 Å². The zero-order valence-corrected chi connectivity index (χ0v) is 21.5. The number of carbonyl (C=O) groups is 1. The Kier molecular flexibility index (Phi) is 7.61. The lowest BCUT2D eigenvalue weighted by Gasteiger charge is -2.44. The largest absolute Gasteiger partial charge is 0.487 e. The van der Waals surface area contributed by atoms with E-state index in [1.165, 1.54) is 6.07 Å². The first kappa shape index (κ1) is 27.1. The van der Waals surface area contributed by atoms with Crippen LogP contribution in [0.4, 0.5) is 18.9 Å². The van der Waals surface area contributed by atoms with Crippen molar-refractivity contribution in [2.24, 2.45) is 0 Å². The number of nitrogens with zero attached hydrogens (tertiary/aromatic N) is 1. The lowest BCUT2D eigenvalue weighted by atomic mass is 9.81. The minimum absolute atomic E-state index is 0.0294. The first-order valence-electron chi connectivity index (χ1n) is 12.9. The highest BCUT2D eigenvalue weighted by molar-refractivity contribution is 6.04. The van der Waals surface area contributed by atoms with Crippen LogP contribution in [0.15, 0.2) is 54.7 Å². The summed E-state index contributed by atoms with van der Waals surface area (Å²) >= 11 is 0. The van der Waals surface area contributed by atoms with Crippen molar-refractivity contribution in [2.45, 2.75) is 44.0 Å². The monoisotopic (exact) mass is 541 g/mol. The molecule has 1 saturated heterocycles. The first-order valence-corrected chi connectivity index (χ1v) is 12.9. The summed E-state index contributed by atoms with van der Waals surface area (Å²) in [5, 5.41) is 15.5. The number of halogens is 3. The van der Waals surface area contributed by atoms with E-state index in [-0.39, 0.29) is 23.8 Å². The molecule has 2 aliphatic heterocycles. The van der Waals surface area contributed by atoms with Gasteiger partial charge >= 0.3 is 6.18 Å². The van der Waals surface area contributed by atoms with E-state index in [9.17, 15) is 23.1 Å². The number of amides is 1. The number of benzene rings is 2. The molecule has 1 spiro atoms. The molecule has 1 aromatic heterocycles. The fourth-order valence-electron chi connectivity index (χ4n) is 5.25. The number of aliphatic hydroxyl groups is 1. The molecule has 2 aliphatic rings. The van der Waals surface area contributed by atoms with E-state index in [1.54, 1.807) is 12.1 Å². The number of nitrogens with one attached hydrogen (secondary N) is 2. The second-order valence-electron chi connectivity index (χ2n) is 10.00. The van der Waals surface area contributed by atoms with Crippen molar-refractivity contribution in [3.05, 3.63) is 77.1 Å². The quantitative estimate of drug-likeness (QED) is 0.393. The Morgan fingerprint density at radius 1 is 1.13 bits per heavy atom. The molecule has 39 heavy (non-hydrogen) atoms. The predicted molar refractivity (Wildman–Crippen MR) is 140 cm³/mol. The maximum atomic E-state index is 13.0. The molecular formula is C29H30F3N3O4. The average Bonchev–Trinajstić information content (AvgIpc) is 2.92. The van der Waals surface area contributed by atoms with Crippen LogP contribution in [0.3, 0.4) is 0 Å². The third-order valence-electron chi connectivity index (χ3n) is 7.32. The highest BCUT2D eigenvalue weighted by Crippen LogP contribution is 2.45. The molecular weight excluding hydrogens is 511 g/mol. The predicted octanol–water partition coefficient (Wildman–Crippen LogP) is 5.28. The number of aryl methyl sites for hydroxylation is 1. The highest BCUT2D eigenvalue weighted by Gasteiger charge is 2.42. The Balaban J connectivity index is 1.43. The van der Waals surface area contributed by atoms with Gasteiger partial charge < -0.3 is 25.2 Å². The molecule has 10 heteroatoms. The number of fused-ring (bicyclic) bond motifs is 1. The minimum Gasteiger partial charge on any atom is -0.487 e. The molecule has 0 saturated carbocycles. The van der Waals surface area contributed by atoms with Gasteiger partial charge in [-0.2, -0.15) is 13.2 Å². The molecule has 1 atom stereocenters. The summed E-state index contributed by atoms with van der Waals surface area (Å²) in [6, 6.07) is 13.4. The van der Waals surface area contributed by atoms with Gasteiger partial charge in [0.1, 0.15) is 17.0 Å². The number of pyridine rings is 1. The number of hydrogen-bond acceptors (Lipinski definition) is 6. The second kappa shape index (κ2) is 11.0. The number of aliphatic hydroxyl groups excluding tert-OH is 1. The van der Waals surface area contributed by atoms with Crippen molar-refractivity contribution < 1.29 is 32.5 Å². The van der Waals surface area contributed by atoms with Gasteiger partial charge in [-0.15, -0.1) is 0 Å². The van der Waals surface area contributed by atoms with Crippen LogP contribution in [-0.4, -0.2) is 48.0 Å². The van der Waals surface area contributed by atoms with Gasteiger partial charge in [-0.3, -0.25) is 9.78 Å². The van der Waals surface area contributed by atoms with E-state index in [4.69, 9.17) is 9.47 Å². The Morgan fingerprint density at radius 3 is 2.67 bits per heavy atom. The molecule has 0 bridgehead atoms. The van der Waals surface area contributed by atoms with Gasteiger partial charge in [0.15, 0.2) is 0 Å². The van der Waals surface area contributed by atoms with E-state index >= 15 is 0 Å². The van der Waals surface area contributed by atoms with Crippen LogP contribution in [0.2, 0.25) is 0 Å². The fourth-order valence-corrected chi connectivity index (χ4v) is 5.25. The third-order valence-corrected chi connectivity index (χ3v) is 7.32. The van der Waals surface area contributed by atoms with E-state index < -0.39 is 17.8 Å². The molecule has 1 amide bonds. The molecule has 3 N–H and O–H groups in total. The van der Waals surface area contributed by atoms with Crippen molar-refractivity contribution in [1.82, 2.24) is 10.3 Å². The minimum atomic E-state index is -4.64. The topological polar surface area (TPSA) is 92.7 Å². The second-order valence-corrected chi connectivity index (χ2v) is 10.00. The number of anilines is 1. The molecule has 1 fully saturated rings. The van der Waals surface area contributed by atoms with Crippen molar-refractivity contribution in [2.75, 3.05) is 31.7 Å². The van der Waals surface area contributed by atoms with Crippen molar-refractivity contribution in [3.63, 3.8) is 0 Å². The Morgan fingerprint density at radius 2 is 1.92 bits per heavy atom. The molecule has 3 aromatic rings. The fraction of sp³-hybridized carbons (Fsp3) is 0.379. The van der Waals surface area contributed by atoms with Crippen LogP contribution in [0.25, 0.3) is 11.1 Å². The highest BCUT2D eigenvalue weighted by atomic mass is 19.4. The smallest absolute Gasteiger partial charge is 0.433 e. The number of carbonyl (C=O) groups excluding carboxylic acids is 1. The third kappa shape index (κ3) is 5.93. The van der Waals surface area contributed by atoms with Gasteiger partial charge in [-0.05, 0) is 53.9 Å². The maximum absolute atomic E-state index is 13.0. The van der Waals surface area contributed by atoms with Crippen LogP contribution in [-0.2, 0) is 10.9 Å². The normalized spacial score (nSPS) is 18.3. The van der Waals surface area contributed by atoms with Crippen molar-refractivity contribution in [1.29, 1.82) is 0 Å². The lowest BCUT2D eigenvalue weighted by Crippen LogP contribution is -2.48. The molecule has 0 radical (unpaired) electrons. The summed E-state index contributed by atoms with van der Waals surface area (Å²) in [6.45, 7) is 3.72. The first-order chi connectivity index (χ1) is 18.7. The Hall–Kier alpha value is -3.47. The Bertz CT molecular complexity index is 1360. The maximum Gasteiger partial charge on any atom is 0.433 e. The molecule has 206 valence electrons. The van der Waals surface area contributed by atoms with E-state index in [0.29, 0.717) is 25.4 Å². The van der Waals surface area contributed by atoms with Gasteiger partial charge in [0.25, 0.3) is 5.91 Å². The van der Waals surface area contributed by atoms with Gasteiger partial charge in [0.2, 0.25) is 0 Å². The average molecular weight is 542 g/mol. The lowest BCUT2D eigenvalue weighted by molar-refractivity contribution is -0.141. The molecule has 2 aromatic carbocycles. The number of alkyl halides is 3. The molecule has 3 heterocycles. The zero-order chi connectivity index (χ0) is 27.6. The van der Waals surface area contributed by atoms with Gasteiger partial charge in [-0.25, -0.2) is 0 Å². The van der Waals surface area contributed by atoms with E-state index in [2.05, 4.69) is 15.6 Å². The van der Waals surface area contributed by atoms with Crippen LogP contribution >= 0.6 is 0 Å². The van der Waals surface area contributed by atoms with Gasteiger partial charge in [-0.1, -0.05) is 18.2 Å². The Labute approximate surface area is 224 Å².